The first kappa shape index (κ1) is 11.7. The normalized spacial score (nSPS) is 12.1. The van der Waals surface area contributed by atoms with Crippen LogP contribution in [0.4, 0.5) is 0 Å². The van der Waals surface area contributed by atoms with Gasteiger partial charge in [-0.25, -0.2) is 0 Å². The molecule has 17 heavy (non-hydrogen) atoms. The number of pyridine rings is 2. The lowest BCUT2D eigenvalue weighted by Crippen LogP contribution is -2.18. The number of alkyl halides is 1. The Hall–Kier alpha value is -1.74. The highest BCUT2D eigenvalue weighted by Crippen LogP contribution is 2.12. The summed E-state index contributed by atoms with van der Waals surface area (Å²) < 4.78 is 0. The number of nitrogens with zero attached hydrogens (tertiary/aromatic N) is 2. The molecule has 1 unspecified atom stereocenters. The lowest BCUT2D eigenvalue weighted by atomic mass is 10.1. The first-order valence-corrected chi connectivity index (χ1v) is 5.69. The van der Waals surface area contributed by atoms with E-state index < -0.39 is 5.38 Å². The van der Waals surface area contributed by atoms with Crippen LogP contribution in [0.3, 0.4) is 0 Å². The minimum absolute atomic E-state index is 0.156. The molecule has 86 valence electrons. The van der Waals surface area contributed by atoms with Crippen LogP contribution in [0.2, 0.25) is 0 Å². The maximum absolute atomic E-state index is 11.9. The number of ketones is 1. The van der Waals surface area contributed by atoms with Gasteiger partial charge in [-0.3, -0.25) is 14.8 Å². The van der Waals surface area contributed by atoms with Crippen molar-refractivity contribution in [1.29, 1.82) is 0 Å². The summed E-state index contributed by atoms with van der Waals surface area (Å²) in [5, 5.41) is -0.603. The zero-order valence-corrected chi connectivity index (χ0v) is 9.84. The number of rotatable bonds is 4. The first-order valence-electron chi connectivity index (χ1n) is 5.25. The van der Waals surface area contributed by atoms with Gasteiger partial charge in [0.25, 0.3) is 0 Å². The molecule has 2 rings (SSSR count). The quantitative estimate of drug-likeness (QED) is 0.615. The molecule has 0 aliphatic rings. The molecule has 2 heterocycles. The van der Waals surface area contributed by atoms with Crippen molar-refractivity contribution in [3.05, 3.63) is 60.2 Å². The molecule has 0 aromatic carbocycles. The van der Waals surface area contributed by atoms with Crippen molar-refractivity contribution in [2.24, 2.45) is 0 Å². The molecule has 0 saturated carbocycles. The molecule has 0 N–H and O–H groups in total. The van der Waals surface area contributed by atoms with E-state index in [1.54, 1.807) is 36.8 Å². The highest BCUT2D eigenvalue weighted by Gasteiger charge is 2.18. The monoisotopic (exact) mass is 246 g/mol. The van der Waals surface area contributed by atoms with Crippen molar-refractivity contribution in [3.8, 4) is 0 Å². The SMILES string of the molecule is O=C(c1ccccn1)C(Cl)Cc1cccnc1. The molecule has 2 aromatic heterocycles. The van der Waals surface area contributed by atoms with Gasteiger partial charge in [-0.2, -0.15) is 0 Å². The van der Waals surface area contributed by atoms with E-state index in [1.165, 1.54) is 0 Å². The van der Waals surface area contributed by atoms with Crippen molar-refractivity contribution in [2.45, 2.75) is 11.8 Å². The highest BCUT2D eigenvalue weighted by molar-refractivity contribution is 6.33. The molecule has 0 aliphatic heterocycles. The molecule has 3 nitrogen and oxygen atoms in total. The summed E-state index contributed by atoms with van der Waals surface area (Å²) in [5.74, 6) is -0.156. The van der Waals surface area contributed by atoms with E-state index in [-0.39, 0.29) is 5.78 Å². The largest absolute Gasteiger partial charge is 0.291 e. The standard InChI is InChI=1S/C13H11ClN2O/c14-11(8-10-4-3-6-15-9-10)13(17)12-5-1-2-7-16-12/h1-7,9,11H,8H2. The summed E-state index contributed by atoms with van der Waals surface area (Å²) in [6.45, 7) is 0. The van der Waals surface area contributed by atoms with Crippen LogP contribution in [0.1, 0.15) is 16.1 Å². The number of carbonyl (C=O) groups excluding carboxylic acids is 1. The summed E-state index contributed by atoms with van der Waals surface area (Å²) in [6.07, 6.45) is 5.44. The molecule has 0 fully saturated rings. The lowest BCUT2D eigenvalue weighted by molar-refractivity contribution is 0.0982. The van der Waals surface area contributed by atoms with Crippen molar-refractivity contribution >= 4 is 17.4 Å². The Labute approximate surface area is 104 Å². The van der Waals surface area contributed by atoms with Crippen LogP contribution in [0, 0.1) is 0 Å². The molecular weight excluding hydrogens is 236 g/mol. The van der Waals surface area contributed by atoms with Crippen molar-refractivity contribution in [3.63, 3.8) is 0 Å². The molecule has 0 radical (unpaired) electrons. The maximum atomic E-state index is 11.9. The number of carbonyl (C=O) groups is 1. The van der Waals surface area contributed by atoms with Gasteiger partial charge in [-0.05, 0) is 30.2 Å². The Morgan fingerprint density at radius 3 is 2.76 bits per heavy atom. The number of Topliss-reactive ketones (excluding diaryl/α,β-unsaturated/α-hetero) is 1. The molecule has 0 saturated heterocycles. The van der Waals surface area contributed by atoms with Crippen molar-refractivity contribution < 1.29 is 4.79 Å². The molecule has 0 amide bonds. The van der Waals surface area contributed by atoms with E-state index in [4.69, 9.17) is 11.6 Å². The Kier molecular flexibility index (Phi) is 3.83. The van der Waals surface area contributed by atoms with Crippen LogP contribution in [0.5, 0.6) is 0 Å². The van der Waals surface area contributed by atoms with Gasteiger partial charge in [-0.1, -0.05) is 12.1 Å². The molecule has 0 spiro atoms. The minimum atomic E-state index is -0.603. The van der Waals surface area contributed by atoms with Gasteiger partial charge in [0, 0.05) is 18.6 Å². The fraction of sp³-hybridized carbons (Fsp3) is 0.154. The molecule has 0 bridgehead atoms. The average molecular weight is 247 g/mol. The van der Waals surface area contributed by atoms with Crippen LogP contribution in [-0.4, -0.2) is 21.1 Å². The topological polar surface area (TPSA) is 42.9 Å². The summed E-state index contributed by atoms with van der Waals surface area (Å²) in [7, 11) is 0. The van der Waals surface area contributed by atoms with Crippen LogP contribution in [0.15, 0.2) is 48.9 Å². The Morgan fingerprint density at radius 1 is 1.24 bits per heavy atom. The van der Waals surface area contributed by atoms with E-state index in [2.05, 4.69) is 9.97 Å². The van der Waals surface area contributed by atoms with Crippen molar-refractivity contribution in [2.75, 3.05) is 0 Å². The Morgan fingerprint density at radius 2 is 2.12 bits per heavy atom. The van der Waals surface area contributed by atoms with E-state index in [0.717, 1.165) is 5.56 Å². The second kappa shape index (κ2) is 5.55. The van der Waals surface area contributed by atoms with Gasteiger partial charge in [0.2, 0.25) is 0 Å². The van der Waals surface area contributed by atoms with Crippen LogP contribution in [0.25, 0.3) is 0 Å². The lowest BCUT2D eigenvalue weighted by Gasteiger charge is -2.07. The van der Waals surface area contributed by atoms with E-state index >= 15 is 0 Å². The third-order valence-electron chi connectivity index (χ3n) is 2.34. The van der Waals surface area contributed by atoms with E-state index in [9.17, 15) is 4.79 Å². The smallest absolute Gasteiger partial charge is 0.199 e. The van der Waals surface area contributed by atoms with Gasteiger partial charge in [0.1, 0.15) is 11.1 Å². The zero-order chi connectivity index (χ0) is 12.1. The number of halogens is 1. The summed E-state index contributed by atoms with van der Waals surface area (Å²) in [5.41, 5.74) is 1.34. The van der Waals surface area contributed by atoms with Gasteiger partial charge < -0.3 is 0 Å². The number of hydrogen-bond donors (Lipinski definition) is 0. The fourth-order valence-corrected chi connectivity index (χ4v) is 1.78. The van der Waals surface area contributed by atoms with Gasteiger partial charge in [0.15, 0.2) is 5.78 Å². The zero-order valence-electron chi connectivity index (χ0n) is 9.08. The molecule has 1 atom stereocenters. The summed E-state index contributed by atoms with van der Waals surface area (Å²) in [6, 6.07) is 8.92. The third-order valence-corrected chi connectivity index (χ3v) is 2.69. The third kappa shape index (κ3) is 3.11. The summed E-state index contributed by atoms with van der Waals surface area (Å²) >= 11 is 6.08. The van der Waals surface area contributed by atoms with Gasteiger partial charge in [-0.15, -0.1) is 11.6 Å². The van der Waals surface area contributed by atoms with E-state index in [1.807, 2.05) is 12.1 Å². The van der Waals surface area contributed by atoms with Crippen LogP contribution >= 0.6 is 11.6 Å². The minimum Gasteiger partial charge on any atom is -0.291 e. The van der Waals surface area contributed by atoms with Gasteiger partial charge >= 0.3 is 0 Å². The molecular formula is C13H11ClN2O. The maximum Gasteiger partial charge on any atom is 0.199 e. The Bertz CT molecular complexity index is 487. The summed E-state index contributed by atoms with van der Waals surface area (Å²) in [4.78, 5) is 19.9. The molecule has 2 aromatic rings. The highest BCUT2D eigenvalue weighted by atomic mass is 35.5. The Balaban J connectivity index is 2.06. The van der Waals surface area contributed by atoms with E-state index in [0.29, 0.717) is 12.1 Å². The number of hydrogen-bond acceptors (Lipinski definition) is 3. The van der Waals surface area contributed by atoms with Gasteiger partial charge in [0.05, 0.1) is 0 Å². The molecule has 4 heteroatoms. The molecule has 0 aliphatic carbocycles. The fourth-order valence-electron chi connectivity index (χ4n) is 1.49. The number of aromatic nitrogens is 2. The predicted molar refractivity (Wildman–Crippen MR) is 66.1 cm³/mol. The van der Waals surface area contributed by atoms with Crippen LogP contribution in [-0.2, 0) is 6.42 Å². The second-order valence-corrected chi connectivity index (χ2v) is 4.14. The van der Waals surface area contributed by atoms with Crippen LogP contribution < -0.4 is 0 Å². The van der Waals surface area contributed by atoms with Crippen molar-refractivity contribution in [1.82, 2.24) is 9.97 Å². The predicted octanol–water partition coefficient (Wildman–Crippen LogP) is 2.51. The first-order chi connectivity index (χ1) is 8.27. The second-order valence-electron chi connectivity index (χ2n) is 3.61. The average Bonchev–Trinajstić information content (AvgIpc) is 2.40.